The Kier molecular flexibility index (Phi) is 6.34. The normalized spacial score (nSPS) is 17.0. The van der Waals surface area contributed by atoms with Crippen LogP contribution in [0.2, 0.25) is 0 Å². The number of aliphatic imine (C=N–C) groups is 1. The van der Waals surface area contributed by atoms with Gasteiger partial charge in [0.05, 0.1) is 12.2 Å². The van der Waals surface area contributed by atoms with E-state index in [9.17, 15) is 13.2 Å². The number of thioether (sulfide) groups is 1. The van der Waals surface area contributed by atoms with Crippen molar-refractivity contribution in [1.29, 1.82) is 5.41 Å². The minimum Gasteiger partial charge on any atom is -0.490 e. The predicted molar refractivity (Wildman–Crippen MR) is 128 cm³/mol. The number of hydrogen-bond acceptors (Lipinski definition) is 8. The van der Waals surface area contributed by atoms with Crippen LogP contribution in [-0.2, 0) is 21.2 Å². The van der Waals surface area contributed by atoms with E-state index >= 15 is 0 Å². The number of fused-ring (bicyclic) bond motifs is 1. The molecule has 0 unspecified atom stereocenters. The van der Waals surface area contributed by atoms with Crippen molar-refractivity contribution in [2.24, 2.45) is 10.1 Å². The van der Waals surface area contributed by atoms with Crippen LogP contribution in [0.25, 0.3) is 6.08 Å². The lowest BCUT2D eigenvalue weighted by Gasteiger charge is -2.20. The highest BCUT2D eigenvalue weighted by molar-refractivity contribution is 8.42. The number of hydrogen-bond donors (Lipinski definition) is 1. The van der Waals surface area contributed by atoms with Crippen LogP contribution in [0.15, 0.2) is 64.2 Å². The largest absolute Gasteiger partial charge is 0.490 e. The second kappa shape index (κ2) is 9.20. The topological polar surface area (TPSA) is 121 Å². The number of hydrazone groups is 1. The van der Waals surface area contributed by atoms with E-state index in [2.05, 4.69) is 10.1 Å². The molecule has 0 bridgehead atoms. The molecule has 170 valence electrons. The van der Waals surface area contributed by atoms with Gasteiger partial charge in [0.15, 0.2) is 17.3 Å². The van der Waals surface area contributed by atoms with Gasteiger partial charge in [0.1, 0.15) is 6.61 Å². The van der Waals surface area contributed by atoms with Crippen molar-refractivity contribution < 1.29 is 22.7 Å². The van der Waals surface area contributed by atoms with E-state index < -0.39 is 15.7 Å². The van der Waals surface area contributed by atoms with E-state index in [1.807, 2.05) is 37.3 Å². The lowest BCUT2D eigenvalue weighted by Crippen LogP contribution is -2.35. The van der Waals surface area contributed by atoms with E-state index in [0.717, 1.165) is 28.6 Å². The predicted octanol–water partition coefficient (Wildman–Crippen LogP) is 3.29. The van der Waals surface area contributed by atoms with Crippen LogP contribution in [0.1, 0.15) is 18.1 Å². The van der Waals surface area contributed by atoms with E-state index in [1.165, 1.54) is 6.08 Å². The molecule has 2 aliphatic heterocycles. The molecule has 2 aromatic rings. The Morgan fingerprint density at radius 2 is 1.88 bits per heavy atom. The van der Waals surface area contributed by atoms with E-state index in [1.54, 1.807) is 18.2 Å². The minimum atomic E-state index is -3.59. The summed E-state index contributed by atoms with van der Waals surface area (Å²) in [4.78, 5) is 16.4. The standard InChI is InChI=1S/C22H20N4O5S2/c1-3-30-18-12-15(9-10-17(18)31-13-14-7-5-4-6-8-14)11-16-19(23)26-21(24-20(16)27)32-22(25-26)33(2,28)29/h4-12,23H,3,13H2,1-2H3/b16-11-,23-19?. The van der Waals surface area contributed by atoms with Crippen molar-refractivity contribution in [1.82, 2.24) is 5.01 Å². The lowest BCUT2D eigenvalue weighted by molar-refractivity contribution is -0.114. The number of rotatable bonds is 6. The zero-order valence-electron chi connectivity index (χ0n) is 17.8. The summed E-state index contributed by atoms with van der Waals surface area (Å²) >= 11 is 0.745. The van der Waals surface area contributed by atoms with Gasteiger partial charge in [-0.25, -0.2) is 8.42 Å². The fourth-order valence-corrected chi connectivity index (χ4v) is 4.71. The van der Waals surface area contributed by atoms with Crippen LogP contribution < -0.4 is 9.47 Å². The number of benzene rings is 2. The Balaban J connectivity index is 1.60. The van der Waals surface area contributed by atoms with Crippen molar-refractivity contribution in [2.45, 2.75) is 13.5 Å². The first kappa shape index (κ1) is 22.7. The van der Waals surface area contributed by atoms with Crippen LogP contribution in [0.5, 0.6) is 11.5 Å². The van der Waals surface area contributed by atoms with Crippen molar-refractivity contribution in [3.63, 3.8) is 0 Å². The Morgan fingerprint density at radius 3 is 2.58 bits per heavy atom. The maximum atomic E-state index is 12.6. The van der Waals surface area contributed by atoms with Gasteiger partial charge >= 0.3 is 0 Å². The van der Waals surface area contributed by atoms with Gasteiger partial charge in [-0.15, -0.1) is 5.10 Å². The van der Waals surface area contributed by atoms with Crippen LogP contribution in [-0.4, -0.2) is 47.6 Å². The molecular weight excluding hydrogens is 464 g/mol. The summed E-state index contributed by atoms with van der Waals surface area (Å²) in [6.07, 6.45) is 2.50. The van der Waals surface area contributed by atoms with Crippen molar-refractivity contribution in [2.75, 3.05) is 12.9 Å². The molecule has 2 heterocycles. The van der Waals surface area contributed by atoms with Crippen LogP contribution in [0.3, 0.4) is 0 Å². The molecule has 0 radical (unpaired) electrons. The van der Waals surface area contributed by atoms with Crippen LogP contribution in [0, 0.1) is 5.41 Å². The number of sulfone groups is 1. The third kappa shape index (κ3) is 4.99. The Labute approximate surface area is 195 Å². The lowest BCUT2D eigenvalue weighted by atomic mass is 10.1. The van der Waals surface area contributed by atoms with Gasteiger partial charge in [0.25, 0.3) is 5.91 Å². The van der Waals surface area contributed by atoms with Gasteiger partial charge in [-0.1, -0.05) is 36.4 Å². The third-order valence-electron chi connectivity index (χ3n) is 4.57. The first-order valence-corrected chi connectivity index (χ1v) is 12.6. The second-order valence-corrected chi connectivity index (χ2v) is 10.2. The molecule has 33 heavy (non-hydrogen) atoms. The second-order valence-electron chi connectivity index (χ2n) is 7.07. The van der Waals surface area contributed by atoms with Gasteiger partial charge in [0, 0.05) is 6.26 Å². The van der Waals surface area contributed by atoms with Crippen molar-refractivity contribution >= 4 is 49.0 Å². The number of nitrogens with zero attached hydrogens (tertiary/aromatic N) is 3. The molecule has 0 saturated heterocycles. The molecule has 1 amide bonds. The number of carbonyl (C=O) groups excluding carboxylic acids is 1. The van der Waals surface area contributed by atoms with Gasteiger partial charge in [-0.2, -0.15) is 10.0 Å². The average molecular weight is 485 g/mol. The molecular formula is C22H20N4O5S2. The molecule has 11 heteroatoms. The molecule has 0 atom stereocenters. The molecule has 0 spiro atoms. The number of amides is 1. The average Bonchev–Trinajstić information content (AvgIpc) is 3.22. The quantitative estimate of drug-likeness (QED) is 0.625. The monoisotopic (exact) mass is 484 g/mol. The smallest absolute Gasteiger partial charge is 0.283 e. The SMILES string of the molecule is CCOc1cc(/C=C2/C(=N)N3N=C(S(C)(=O)=O)SC3=NC2=O)ccc1OCc1ccccc1. The first-order valence-electron chi connectivity index (χ1n) is 9.90. The summed E-state index contributed by atoms with van der Waals surface area (Å²) in [5.74, 6) is 0.145. The first-order chi connectivity index (χ1) is 15.8. The summed E-state index contributed by atoms with van der Waals surface area (Å²) < 4.78 is 35.0. The molecule has 4 rings (SSSR count). The summed E-state index contributed by atoms with van der Waals surface area (Å²) in [5.41, 5.74) is 1.59. The molecule has 0 saturated carbocycles. The number of carbonyl (C=O) groups is 1. The number of nitrogens with one attached hydrogen (secondary N) is 1. The maximum Gasteiger partial charge on any atom is 0.283 e. The molecule has 1 N–H and O–H groups in total. The van der Waals surface area contributed by atoms with Gasteiger partial charge in [-0.05, 0) is 48.0 Å². The van der Waals surface area contributed by atoms with Gasteiger partial charge < -0.3 is 9.47 Å². The molecule has 9 nitrogen and oxygen atoms in total. The third-order valence-corrected chi connectivity index (χ3v) is 7.15. The van der Waals surface area contributed by atoms with Crippen molar-refractivity contribution in [3.8, 4) is 11.5 Å². The van der Waals surface area contributed by atoms with Gasteiger partial charge in [-0.3, -0.25) is 10.2 Å². The van der Waals surface area contributed by atoms with Gasteiger partial charge in [0.2, 0.25) is 19.4 Å². The Hall–Kier alpha value is -3.44. The van der Waals surface area contributed by atoms with Crippen molar-refractivity contribution in [3.05, 3.63) is 65.2 Å². The van der Waals surface area contributed by atoms with E-state index in [4.69, 9.17) is 14.9 Å². The summed E-state index contributed by atoms with van der Waals surface area (Å²) in [5, 5.41) is 13.4. The summed E-state index contributed by atoms with van der Waals surface area (Å²) in [6, 6.07) is 14.9. The molecule has 0 aliphatic carbocycles. The molecule has 2 aromatic carbocycles. The Morgan fingerprint density at radius 1 is 1.12 bits per heavy atom. The van der Waals surface area contributed by atoms with E-state index in [0.29, 0.717) is 30.3 Å². The number of ether oxygens (including phenoxy) is 2. The summed E-state index contributed by atoms with van der Waals surface area (Å²) in [7, 11) is -3.59. The highest BCUT2D eigenvalue weighted by Gasteiger charge is 2.38. The number of amidine groups is 2. The highest BCUT2D eigenvalue weighted by Crippen LogP contribution is 2.32. The highest BCUT2D eigenvalue weighted by atomic mass is 32.3. The molecule has 2 aliphatic rings. The fraction of sp³-hybridized carbons (Fsp3) is 0.182. The van der Waals surface area contributed by atoms with Crippen LogP contribution >= 0.6 is 11.8 Å². The Bertz CT molecular complexity index is 1320. The zero-order valence-corrected chi connectivity index (χ0v) is 19.4. The molecule has 0 fully saturated rings. The molecule has 0 aromatic heterocycles. The minimum absolute atomic E-state index is 0.0155. The zero-order chi connectivity index (χ0) is 23.6. The summed E-state index contributed by atoms with van der Waals surface area (Å²) in [6.45, 7) is 2.64. The van der Waals surface area contributed by atoms with E-state index in [-0.39, 0.29) is 21.0 Å². The fourth-order valence-electron chi connectivity index (χ4n) is 3.03. The van der Waals surface area contributed by atoms with Crippen LogP contribution in [0.4, 0.5) is 0 Å². The maximum absolute atomic E-state index is 12.6.